The monoisotopic (exact) mass is 374 g/mol. The van der Waals surface area contributed by atoms with E-state index >= 15 is 0 Å². The lowest BCUT2D eigenvalue weighted by Gasteiger charge is -2.09. The molecule has 2 aromatic carbocycles. The Hall–Kier alpha value is -3.21. The van der Waals surface area contributed by atoms with Gasteiger partial charge in [0.15, 0.2) is 5.82 Å². The number of amides is 1. The third-order valence-corrected chi connectivity index (χ3v) is 4.47. The van der Waals surface area contributed by atoms with Gasteiger partial charge in [-0.3, -0.25) is 4.79 Å². The molecular formula is C23H26N4O. The largest absolute Gasteiger partial charge is 0.352 e. The van der Waals surface area contributed by atoms with Crippen molar-refractivity contribution in [2.75, 3.05) is 11.9 Å². The molecule has 0 aliphatic heterocycles. The molecule has 2 N–H and O–H groups in total. The van der Waals surface area contributed by atoms with E-state index in [4.69, 9.17) is 0 Å². The van der Waals surface area contributed by atoms with Gasteiger partial charge in [0.2, 0.25) is 0 Å². The molecule has 28 heavy (non-hydrogen) atoms. The quantitative estimate of drug-likeness (QED) is 0.537. The van der Waals surface area contributed by atoms with Crippen LogP contribution in [-0.4, -0.2) is 22.6 Å². The molecule has 0 bridgehead atoms. The Labute approximate surface area is 166 Å². The van der Waals surface area contributed by atoms with Gasteiger partial charge in [-0.2, -0.15) is 0 Å². The predicted octanol–water partition coefficient (Wildman–Crippen LogP) is 5.12. The first-order chi connectivity index (χ1) is 13.7. The predicted molar refractivity (Wildman–Crippen MR) is 114 cm³/mol. The van der Waals surface area contributed by atoms with Crippen molar-refractivity contribution in [1.29, 1.82) is 0 Å². The molecular weight excluding hydrogens is 348 g/mol. The molecule has 0 aliphatic rings. The van der Waals surface area contributed by atoms with Crippen LogP contribution in [0.25, 0.3) is 11.3 Å². The molecule has 0 aliphatic carbocycles. The number of carbonyl (C=O) groups excluding carboxylic acids is 1. The molecule has 0 fully saturated rings. The van der Waals surface area contributed by atoms with Gasteiger partial charge in [-0.05, 0) is 43.7 Å². The summed E-state index contributed by atoms with van der Waals surface area (Å²) in [5.41, 5.74) is 4.51. The number of benzene rings is 2. The first-order valence-corrected chi connectivity index (χ1v) is 9.72. The van der Waals surface area contributed by atoms with Crippen LogP contribution < -0.4 is 10.6 Å². The normalized spacial score (nSPS) is 10.5. The average molecular weight is 374 g/mol. The summed E-state index contributed by atoms with van der Waals surface area (Å²) in [6, 6.07) is 19.4. The van der Waals surface area contributed by atoms with E-state index in [2.05, 4.69) is 46.8 Å². The van der Waals surface area contributed by atoms with Crippen LogP contribution in [0, 0.1) is 6.92 Å². The molecule has 0 spiro atoms. The van der Waals surface area contributed by atoms with Crippen LogP contribution >= 0.6 is 0 Å². The van der Waals surface area contributed by atoms with Crippen LogP contribution in [0.2, 0.25) is 0 Å². The Morgan fingerprint density at radius 2 is 1.79 bits per heavy atom. The van der Waals surface area contributed by atoms with E-state index in [0.29, 0.717) is 17.9 Å². The zero-order chi connectivity index (χ0) is 19.8. The molecule has 0 unspecified atom stereocenters. The van der Waals surface area contributed by atoms with E-state index in [-0.39, 0.29) is 5.91 Å². The maximum absolute atomic E-state index is 12.3. The van der Waals surface area contributed by atoms with Crippen molar-refractivity contribution in [1.82, 2.24) is 15.5 Å². The Balaban J connectivity index is 1.63. The zero-order valence-corrected chi connectivity index (χ0v) is 16.4. The Morgan fingerprint density at radius 1 is 0.964 bits per heavy atom. The van der Waals surface area contributed by atoms with Crippen molar-refractivity contribution < 1.29 is 4.79 Å². The summed E-state index contributed by atoms with van der Waals surface area (Å²) in [5.74, 6) is 0.580. The van der Waals surface area contributed by atoms with Crippen LogP contribution in [-0.2, 0) is 0 Å². The molecule has 5 heteroatoms. The lowest BCUT2D eigenvalue weighted by atomic mass is 10.1. The number of carbonyl (C=O) groups is 1. The Morgan fingerprint density at radius 3 is 2.50 bits per heavy atom. The summed E-state index contributed by atoms with van der Waals surface area (Å²) in [6.07, 6.45) is 3.27. The number of hydrogen-bond donors (Lipinski definition) is 2. The molecule has 0 atom stereocenters. The van der Waals surface area contributed by atoms with Crippen LogP contribution in [0.15, 0.2) is 60.7 Å². The van der Waals surface area contributed by atoms with Crippen molar-refractivity contribution >= 4 is 17.4 Å². The third kappa shape index (κ3) is 5.39. The standard InChI is InChI=1S/C23H26N4O/c1-3-4-5-15-24-23(28)19-7-6-8-20(16-19)25-22-14-13-21(26-27-22)18-11-9-17(2)10-12-18/h6-14,16H,3-5,15H2,1-2H3,(H,24,28)(H,25,27). The first-order valence-electron chi connectivity index (χ1n) is 9.72. The second-order valence-electron chi connectivity index (χ2n) is 6.84. The second-order valence-corrected chi connectivity index (χ2v) is 6.84. The number of unbranched alkanes of at least 4 members (excludes halogenated alkanes) is 2. The SMILES string of the molecule is CCCCCNC(=O)c1cccc(Nc2ccc(-c3ccc(C)cc3)nn2)c1. The van der Waals surface area contributed by atoms with Gasteiger partial charge in [0.25, 0.3) is 5.91 Å². The van der Waals surface area contributed by atoms with Gasteiger partial charge in [0, 0.05) is 23.4 Å². The number of nitrogens with one attached hydrogen (secondary N) is 2. The minimum Gasteiger partial charge on any atom is -0.352 e. The minimum absolute atomic E-state index is 0.0550. The molecule has 1 heterocycles. The summed E-state index contributed by atoms with van der Waals surface area (Å²) in [5, 5.41) is 14.7. The fourth-order valence-corrected chi connectivity index (χ4v) is 2.84. The molecule has 144 valence electrons. The van der Waals surface area contributed by atoms with Crippen LogP contribution in [0.5, 0.6) is 0 Å². The molecule has 3 rings (SSSR count). The summed E-state index contributed by atoms with van der Waals surface area (Å²) >= 11 is 0. The molecule has 1 amide bonds. The highest BCUT2D eigenvalue weighted by Crippen LogP contribution is 2.20. The molecule has 0 radical (unpaired) electrons. The van der Waals surface area contributed by atoms with E-state index in [1.807, 2.05) is 48.5 Å². The highest BCUT2D eigenvalue weighted by molar-refractivity contribution is 5.95. The molecule has 0 saturated carbocycles. The van der Waals surface area contributed by atoms with E-state index in [1.54, 1.807) is 0 Å². The number of hydrogen-bond acceptors (Lipinski definition) is 4. The number of aromatic nitrogens is 2. The summed E-state index contributed by atoms with van der Waals surface area (Å²) in [4.78, 5) is 12.3. The fraction of sp³-hybridized carbons (Fsp3) is 0.261. The minimum atomic E-state index is -0.0550. The third-order valence-electron chi connectivity index (χ3n) is 4.47. The van der Waals surface area contributed by atoms with Gasteiger partial charge in [-0.1, -0.05) is 55.7 Å². The number of anilines is 2. The van der Waals surface area contributed by atoms with Crippen LogP contribution in [0.1, 0.15) is 42.1 Å². The van der Waals surface area contributed by atoms with Gasteiger partial charge in [-0.25, -0.2) is 0 Å². The number of rotatable bonds is 8. The number of nitrogens with zero attached hydrogens (tertiary/aromatic N) is 2. The van der Waals surface area contributed by atoms with Crippen molar-refractivity contribution in [3.63, 3.8) is 0 Å². The second kappa shape index (κ2) is 9.65. The highest BCUT2D eigenvalue weighted by atomic mass is 16.1. The fourth-order valence-electron chi connectivity index (χ4n) is 2.84. The maximum atomic E-state index is 12.3. The van der Waals surface area contributed by atoms with E-state index < -0.39 is 0 Å². The lowest BCUT2D eigenvalue weighted by molar-refractivity contribution is 0.0953. The van der Waals surface area contributed by atoms with Crippen molar-refractivity contribution in [2.24, 2.45) is 0 Å². The lowest BCUT2D eigenvalue weighted by Crippen LogP contribution is -2.24. The topological polar surface area (TPSA) is 66.9 Å². The Kier molecular flexibility index (Phi) is 6.73. The van der Waals surface area contributed by atoms with E-state index in [9.17, 15) is 4.79 Å². The molecule has 3 aromatic rings. The van der Waals surface area contributed by atoms with Crippen LogP contribution in [0.4, 0.5) is 11.5 Å². The van der Waals surface area contributed by atoms with Gasteiger partial charge in [0.1, 0.15) is 0 Å². The zero-order valence-electron chi connectivity index (χ0n) is 16.4. The van der Waals surface area contributed by atoms with Gasteiger partial charge in [0.05, 0.1) is 5.69 Å². The molecule has 1 aromatic heterocycles. The van der Waals surface area contributed by atoms with Crippen molar-refractivity contribution in [3.05, 3.63) is 71.8 Å². The molecule has 0 saturated heterocycles. The van der Waals surface area contributed by atoms with E-state index in [0.717, 1.165) is 36.2 Å². The van der Waals surface area contributed by atoms with Gasteiger partial charge >= 0.3 is 0 Å². The van der Waals surface area contributed by atoms with Crippen molar-refractivity contribution in [2.45, 2.75) is 33.1 Å². The van der Waals surface area contributed by atoms with Crippen molar-refractivity contribution in [3.8, 4) is 11.3 Å². The summed E-state index contributed by atoms with van der Waals surface area (Å²) in [6.45, 7) is 4.91. The Bertz CT molecular complexity index is 905. The first kappa shape index (κ1) is 19.5. The van der Waals surface area contributed by atoms with Crippen LogP contribution in [0.3, 0.4) is 0 Å². The highest BCUT2D eigenvalue weighted by Gasteiger charge is 2.07. The average Bonchev–Trinajstić information content (AvgIpc) is 2.72. The molecule has 5 nitrogen and oxygen atoms in total. The van der Waals surface area contributed by atoms with E-state index in [1.165, 1.54) is 5.56 Å². The smallest absolute Gasteiger partial charge is 0.251 e. The van der Waals surface area contributed by atoms with Gasteiger partial charge < -0.3 is 10.6 Å². The number of aryl methyl sites for hydroxylation is 1. The summed E-state index contributed by atoms with van der Waals surface area (Å²) in [7, 11) is 0. The summed E-state index contributed by atoms with van der Waals surface area (Å²) < 4.78 is 0. The van der Waals surface area contributed by atoms with Gasteiger partial charge in [-0.15, -0.1) is 10.2 Å². The maximum Gasteiger partial charge on any atom is 0.251 e.